The van der Waals surface area contributed by atoms with E-state index in [4.69, 9.17) is 4.74 Å². The third-order valence-corrected chi connectivity index (χ3v) is 6.70. The highest BCUT2D eigenvalue weighted by Gasteiger charge is 2.21. The van der Waals surface area contributed by atoms with Crippen LogP contribution in [0.5, 0.6) is 0 Å². The van der Waals surface area contributed by atoms with E-state index in [-0.39, 0.29) is 28.4 Å². The molecule has 2 N–H and O–H groups in total. The zero-order chi connectivity index (χ0) is 26.6. The first-order chi connectivity index (χ1) is 17.7. The minimum atomic E-state index is -3.92. The van der Waals surface area contributed by atoms with Crippen molar-refractivity contribution in [2.75, 3.05) is 11.8 Å². The summed E-state index contributed by atoms with van der Waals surface area (Å²) in [7, 11) is -2.65. The number of nitrogens with one attached hydrogen (secondary N) is 2. The first kappa shape index (κ1) is 25.5. The molecule has 0 fully saturated rings. The van der Waals surface area contributed by atoms with Crippen LogP contribution in [0.4, 0.5) is 11.6 Å². The Hall–Kier alpha value is -4.58. The van der Waals surface area contributed by atoms with Crippen molar-refractivity contribution in [1.29, 1.82) is 0 Å². The maximum atomic E-state index is 13.3. The van der Waals surface area contributed by atoms with Crippen LogP contribution in [-0.4, -0.2) is 47.0 Å². The summed E-state index contributed by atoms with van der Waals surface area (Å²) >= 11 is 0. The number of para-hydroxylation sites is 1. The highest BCUT2D eigenvalue weighted by Crippen LogP contribution is 2.20. The second-order valence-corrected chi connectivity index (χ2v) is 9.70. The SMILES string of the molecule is COC(=O)Cc1[nH]n(-c2ccccc2)c(=O)c1C(C)=Nc1ccc(S(=O)(=O)Nc2nccc(C)n2)cc1. The molecule has 4 rings (SSSR count). The van der Waals surface area contributed by atoms with E-state index in [0.717, 1.165) is 0 Å². The Morgan fingerprint density at radius 3 is 2.46 bits per heavy atom. The van der Waals surface area contributed by atoms with Gasteiger partial charge in [0, 0.05) is 11.9 Å². The minimum Gasteiger partial charge on any atom is -0.469 e. The van der Waals surface area contributed by atoms with Crippen molar-refractivity contribution >= 4 is 33.3 Å². The van der Waals surface area contributed by atoms with Crippen LogP contribution in [0.3, 0.4) is 0 Å². The van der Waals surface area contributed by atoms with Gasteiger partial charge in [-0.2, -0.15) is 0 Å². The van der Waals surface area contributed by atoms with E-state index in [9.17, 15) is 18.0 Å². The van der Waals surface area contributed by atoms with E-state index in [1.807, 2.05) is 6.07 Å². The molecule has 4 aromatic rings. The van der Waals surface area contributed by atoms with Crippen LogP contribution < -0.4 is 10.3 Å². The molecule has 2 aromatic carbocycles. The summed E-state index contributed by atoms with van der Waals surface area (Å²) in [4.78, 5) is 37.7. The van der Waals surface area contributed by atoms with Gasteiger partial charge in [0.1, 0.15) is 0 Å². The lowest BCUT2D eigenvalue weighted by molar-refractivity contribution is -0.139. The van der Waals surface area contributed by atoms with Crippen molar-refractivity contribution in [3.8, 4) is 5.69 Å². The van der Waals surface area contributed by atoms with Gasteiger partial charge < -0.3 is 4.74 Å². The smallest absolute Gasteiger partial charge is 0.311 e. The quantitative estimate of drug-likeness (QED) is 0.268. The fraction of sp³-hybridized carbons (Fsp3) is 0.160. The molecule has 190 valence electrons. The van der Waals surface area contributed by atoms with E-state index in [2.05, 4.69) is 24.8 Å². The maximum absolute atomic E-state index is 13.3. The molecule has 0 saturated heterocycles. The number of aromatic nitrogens is 4. The number of aryl methyl sites for hydroxylation is 1. The lowest BCUT2D eigenvalue weighted by Crippen LogP contribution is -2.20. The number of methoxy groups -OCH3 is 1. The molecule has 12 heteroatoms. The summed E-state index contributed by atoms with van der Waals surface area (Å²) in [6, 6.07) is 16.4. The van der Waals surface area contributed by atoms with E-state index in [1.54, 1.807) is 44.2 Å². The van der Waals surface area contributed by atoms with Gasteiger partial charge in [-0.05, 0) is 56.3 Å². The van der Waals surface area contributed by atoms with Crippen LogP contribution >= 0.6 is 0 Å². The summed E-state index contributed by atoms with van der Waals surface area (Å²) < 4.78 is 33.9. The molecule has 0 bridgehead atoms. The molecule has 0 aliphatic heterocycles. The zero-order valence-electron chi connectivity index (χ0n) is 20.3. The lowest BCUT2D eigenvalue weighted by Gasteiger charge is -2.07. The maximum Gasteiger partial charge on any atom is 0.311 e. The number of rotatable bonds is 8. The van der Waals surface area contributed by atoms with Gasteiger partial charge in [-0.25, -0.2) is 27.8 Å². The third kappa shape index (κ3) is 5.81. The predicted octanol–water partition coefficient (Wildman–Crippen LogP) is 2.92. The number of carbonyl (C=O) groups is 1. The molecule has 11 nitrogen and oxygen atoms in total. The lowest BCUT2D eigenvalue weighted by atomic mass is 10.1. The van der Waals surface area contributed by atoms with Crippen molar-refractivity contribution in [1.82, 2.24) is 19.7 Å². The Balaban J connectivity index is 1.66. The van der Waals surface area contributed by atoms with Crippen molar-refractivity contribution in [3.63, 3.8) is 0 Å². The zero-order valence-corrected chi connectivity index (χ0v) is 21.1. The largest absolute Gasteiger partial charge is 0.469 e. The first-order valence-electron chi connectivity index (χ1n) is 11.1. The molecule has 2 aromatic heterocycles. The number of aromatic amines is 1. The molecular formula is C25H24N6O5S. The van der Waals surface area contributed by atoms with Gasteiger partial charge in [0.15, 0.2) is 0 Å². The Labute approximate surface area is 212 Å². The van der Waals surface area contributed by atoms with Gasteiger partial charge in [0.25, 0.3) is 15.6 Å². The van der Waals surface area contributed by atoms with Gasteiger partial charge >= 0.3 is 5.97 Å². The number of aliphatic imine (C=N–C) groups is 1. The Kier molecular flexibility index (Phi) is 7.30. The summed E-state index contributed by atoms with van der Waals surface area (Å²) in [5.41, 5.74) is 2.17. The average molecular weight is 521 g/mol. The van der Waals surface area contributed by atoms with Gasteiger partial charge in [-0.3, -0.25) is 19.7 Å². The highest BCUT2D eigenvalue weighted by atomic mass is 32.2. The number of anilines is 1. The molecule has 0 saturated carbocycles. The summed E-state index contributed by atoms with van der Waals surface area (Å²) in [5.74, 6) is -0.548. The number of hydrogen-bond acceptors (Lipinski definition) is 8. The molecule has 0 amide bonds. The van der Waals surface area contributed by atoms with E-state index < -0.39 is 16.0 Å². The number of esters is 1. The molecule has 0 aliphatic carbocycles. The van der Waals surface area contributed by atoms with Crippen LogP contribution in [0.1, 0.15) is 23.9 Å². The Bertz CT molecular complexity index is 1620. The van der Waals surface area contributed by atoms with E-state index in [0.29, 0.717) is 28.5 Å². The van der Waals surface area contributed by atoms with Crippen molar-refractivity contribution < 1.29 is 17.9 Å². The molecule has 2 heterocycles. The Morgan fingerprint density at radius 2 is 1.81 bits per heavy atom. The van der Waals surface area contributed by atoms with Gasteiger partial charge in [0.2, 0.25) is 5.95 Å². The summed E-state index contributed by atoms with van der Waals surface area (Å²) in [6.07, 6.45) is 1.31. The molecule has 0 spiro atoms. The van der Waals surface area contributed by atoms with Crippen molar-refractivity contribution in [3.05, 3.63) is 94.2 Å². The molecule has 0 atom stereocenters. The van der Waals surface area contributed by atoms with E-state index >= 15 is 0 Å². The molecule has 0 radical (unpaired) electrons. The van der Waals surface area contributed by atoms with Crippen molar-refractivity contribution in [2.24, 2.45) is 4.99 Å². The first-order valence-corrected chi connectivity index (χ1v) is 12.6. The molecule has 37 heavy (non-hydrogen) atoms. The van der Waals surface area contributed by atoms with Crippen molar-refractivity contribution in [2.45, 2.75) is 25.2 Å². The van der Waals surface area contributed by atoms with Crippen LogP contribution in [0.2, 0.25) is 0 Å². The van der Waals surface area contributed by atoms with E-state index in [1.165, 1.54) is 42.3 Å². The highest BCUT2D eigenvalue weighted by molar-refractivity contribution is 7.92. The predicted molar refractivity (Wildman–Crippen MR) is 138 cm³/mol. The van der Waals surface area contributed by atoms with Gasteiger partial charge in [-0.15, -0.1) is 0 Å². The number of ether oxygens (including phenoxy) is 1. The number of nitrogens with zero attached hydrogens (tertiary/aromatic N) is 4. The number of benzene rings is 2. The molecular weight excluding hydrogens is 496 g/mol. The molecule has 0 aliphatic rings. The molecule has 0 unspecified atom stereocenters. The Morgan fingerprint density at radius 1 is 1.11 bits per heavy atom. The standard InChI is InChI=1S/C25H24N6O5S/c1-16-13-14-26-25(27-16)30-37(34,35)20-11-9-18(10-12-20)28-17(2)23-21(15-22(32)36-3)29-31(24(23)33)19-7-5-4-6-8-19/h4-14,29H,15H2,1-3H3,(H,26,27,30). The fourth-order valence-corrected chi connectivity index (χ4v) is 4.54. The summed E-state index contributed by atoms with van der Waals surface area (Å²) in [5, 5.41) is 2.98. The number of carbonyl (C=O) groups excluding carboxylic acids is 1. The number of sulfonamides is 1. The minimum absolute atomic E-state index is 0.00586. The second kappa shape index (κ2) is 10.6. The normalized spacial score (nSPS) is 11.8. The average Bonchev–Trinajstić information content (AvgIpc) is 3.20. The van der Waals surface area contributed by atoms with Gasteiger partial charge in [-0.1, -0.05) is 18.2 Å². The number of hydrogen-bond donors (Lipinski definition) is 2. The monoisotopic (exact) mass is 520 g/mol. The fourth-order valence-electron chi connectivity index (χ4n) is 3.59. The van der Waals surface area contributed by atoms with Gasteiger partial charge in [0.05, 0.1) is 46.8 Å². The second-order valence-electron chi connectivity index (χ2n) is 8.01. The topological polar surface area (TPSA) is 148 Å². The summed E-state index contributed by atoms with van der Waals surface area (Å²) in [6.45, 7) is 3.37. The van der Waals surface area contributed by atoms with Crippen LogP contribution in [0.25, 0.3) is 5.69 Å². The third-order valence-electron chi connectivity index (χ3n) is 5.35. The van der Waals surface area contributed by atoms with Crippen LogP contribution in [0.15, 0.2) is 81.5 Å². The number of H-pyrrole nitrogens is 1. The van der Waals surface area contributed by atoms with Crippen LogP contribution in [0, 0.1) is 6.92 Å². The van der Waals surface area contributed by atoms with Crippen LogP contribution in [-0.2, 0) is 26.0 Å².